The number of carboxylic acids is 1. The molecule has 0 fully saturated rings. The molecule has 0 spiro atoms. The van der Waals surface area contributed by atoms with Crippen LogP contribution in [0.25, 0.3) is 0 Å². The van der Waals surface area contributed by atoms with Crippen LogP contribution in [-0.4, -0.2) is 27.8 Å². The van der Waals surface area contributed by atoms with E-state index in [1.807, 2.05) is 49.2 Å². The van der Waals surface area contributed by atoms with E-state index in [9.17, 15) is 4.79 Å². The van der Waals surface area contributed by atoms with Crippen LogP contribution in [0, 0.1) is 0 Å². The zero-order valence-corrected chi connectivity index (χ0v) is 16.2. The van der Waals surface area contributed by atoms with Crippen molar-refractivity contribution in [3.05, 3.63) is 30.3 Å². The van der Waals surface area contributed by atoms with Crippen molar-refractivity contribution < 1.29 is 9.90 Å². The van der Waals surface area contributed by atoms with Gasteiger partial charge >= 0.3 is 5.97 Å². The minimum atomic E-state index is -0.683. The molecule has 0 saturated heterocycles. The van der Waals surface area contributed by atoms with Crippen LogP contribution in [0.5, 0.6) is 0 Å². The lowest BCUT2D eigenvalue weighted by atomic mass is 10.1. The first-order valence-corrected chi connectivity index (χ1v) is 12.3. The van der Waals surface area contributed by atoms with Crippen molar-refractivity contribution >= 4 is 49.1 Å². The highest BCUT2D eigenvalue weighted by Crippen LogP contribution is 2.38. The summed E-state index contributed by atoms with van der Waals surface area (Å²) >= 11 is 0. The van der Waals surface area contributed by atoms with Gasteiger partial charge in [-0.25, -0.2) is 0 Å². The summed E-state index contributed by atoms with van der Waals surface area (Å²) < 4.78 is 0. The predicted molar refractivity (Wildman–Crippen MR) is 105 cm³/mol. The van der Waals surface area contributed by atoms with E-state index in [0.717, 1.165) is 25.0 Å². The van der Waals surface area contributed by atoms with E-state index in [0.29, 0.717) is 11.7 Å². The molecule has 0 aliphatic rings. The number of hydrogen-bond donors (Lipinski definition) is 1. The zero-order valence-electron chi connectivity index (χ0n) is 12.9. The largest absolute Gasteiger partial charge is 0.481 e. The normalized spacial score (nSPS) is 12.2. The second-order valence-corrected chi connectivity index (χ2v) is 10.2. The second-order valence-electron chi connectivity index (χ2n) is 4.77. The molecule has 124 valence electrons. The van der Waals surface area contributed by atoms with Crippen molar-refractivity contribution in [2.75, 3.05) is 11.5 Å². The molecule has 0 radical (unpaired) electrons. The Morgan fingerprint density at radius 1 is 1.14 bits per heavy atom. The summed E-state index contributed by atoms with van der Waals surface area (Å²) in [5.74, 6) is 1.64. The fraction of sp³-hybridized carbons (Fsp3) is 0.562. The Balaban J connectivity index is 2.30. The smallest absolute Gasteiger partial charge is 0.303 e. The number of carbonyl (C=O) groups is 1. The van der Waals surface area contributed by atoms with E-state index in [2.05, 4.69) is 31.2 Å². The molecule has 2 nitrogen and oxygen atoms in total. The summed E-state index contributed by atoms with van der Waals surface area (Å²) in [4.78, 5) is 11.9. The van der Waals surface area contributed by atoms with Gasteiger partial charge in [0.1, 0.15) is 0 Å². The monoisotopic (exact) mass is 376 g/mol. The van der Waals surface area contributed by atoms with Crippen molar-refractivity contribution in [1.29, 1.82) is 0 Å². The van der Waals surface area contributed by atoms with Crippen molar-refractivity contribution in [3.63, 3.8) is 0 Å². The van der Waals surface area contributed by atoms with Crippen LogP contribution in [0.15, 0.2) is 35.2 Å². The average Bonchev–Trinajstić information content (AvgIpc) is 2.53. The lowest BCUT2D eigenvalue weighted by Crippen LogP contribution is -2.04. The van der Waals surface area contributed by atoms with Gasteiger partial charge in [-0.1, -0.05) is 74.7 Å². The molecule has 22 heavy (non-hydrogen) atoms. The summed E-state index contributed by atoms with van der Waals surface area (Å²) in [6.07, 6.45) is 4.39. The van der Waals surface area contributed by atoms with E-state index in [1.165, 1.54) is 17.1 Å². The maximum absolute atomic E-state index is 10.6. The number of aliphatic carboxylic acids is 1. The van der Waals surface area contributed by atoms with E-state index in [-0.39, 0.29) is 0 Å². The van der Waals surface area contributed by atoms with Crippen molar-refractivity contribution in [1.82, 2.24) is 0 Å². The Morgan fingerprint density at radius 3 is 2.59 bits per heavy atom. The number of carboxylic acid groups (broad SMARTS) is 1. The Hall–Kier alpha value is 0.0900. The van der Waals surface area contributed by atoms with Gasteiger partial charge in [-0.05, 0) is 31.4 Å². The molecule has 6 heteroatoms. The van der Waals surface area contributed by atoms with Crippen LogP contribution < -0.4 is 0 Å². The molecular formula is C16H24O2S4. The molecule has 1 aromatic rings. The van der Waals surface area contributed by atoms with Crippen LogP contribution in [-0.2, 0) is 4.79 Å². The molecule has 0 aliphatic heterocycles. The average molecular weight is 377 g/mol. The summed E-state index contributed by atoms with van der Waals surface area (Å²) in [5.41, 5.74) is 0. The van der Waals surface area contributed by atoms with E-state index >= 15 is 0 Å². The number of rotatable bonds is 13. The van der Waals surface area contributed by atoms with Gasteiger partial charge < -0.3 is 5.11 Å². The van der Waals surface area contributed by atoms with Crippen LogP contribution in [0.4, 0.5) is 0 Å². The van der Waals surface area contributed by atoms with Gasteiger partial charge in [-0.15, -0.1) is 0 Å². The Labute approximate surface area is 149 Å². The summed E-state index contributed by atoms with van der Waals surface area (Å²) in [5, 5.41) is 9.32. The molecule has 0 aliphatic carbocycles. The predicted octanol–water partition coefficient (Wildman–Crippen LogP) is 6.23. The van der Waals surface area contributed by atoms with Crippen molar-refractivity contribution in [2.45, 2.75) is 49.2 Å². The van der Waals surface area contributed by atoms with Gasteiger partial charge in [0.25, 0.3) is 0 Å². The Bertz CT molecular complexity index is 400. The Kier molecular flexibility index (Phi) is 12.4. The molecule has 1 atom stereocenters. The molecule has 0 bridgehead atoms. The SMILES string of the molecule is CCSSCCC(CCCCC(=O)O)SSc1ccccc1. The zero-order chi connectivity index (χ0) is 16.0. The Morgan fingerprint density at radius 2 is 1.91 bits per heavy atom. The molecule has 0 heterocycles. The van der Waals surface area contributed by atoms with Gasteiger partial charge in [0.2, 0.25) is 0 Å². The third-order valence-corrected chi connectivity index (χ3v) is 8.41. The fourth-order valence-corrected chi connectivity index (χ4v) is 6.41. The van der Waals surface area contributed by atoms with Crippen LogP contribution in [0.1, 0.15) is 39.0 Å². The van der Waals surface area contributed by atoms with Gasteiger partial charge in [-0.2, -0.15) is 0 Å². The molecular weight excluding hydrogens is 352 g/mol. The maximum atomic E-state index is 10.6. The molecule has 1 unspecified atom stereocenters. The van der Waals surface area contributed by atoms with Gasteiger partial charge in [0.15, 0.2) is 0 Å². The third kappa shape index (κ3) is 10.8. The molecule has 0 aromatic heterocycles. The first-order valence-electron chi connectivity index (χ1n) is 7.57. The summed E-state index contributed by atoms with van der Waals surface area (Å²) in [6, 6.07) is 10.5. The topological polar surface area (TPSA) is 37.3 Å². The van der Waals surface area contributed by atoms with Crippen LogP contribution >= 0.6 is 43.2 Å². The first kappa shape index (κ1) is 20.1. The number of unbranched alkanes of at least 4 members (excludes halogenated alkanes) is 1. The third-order valence-electron chi connectivity index (χ3n) is 2.91. The van der Waals surface area contributed by atoms with Crippen molar-refractivity contribution in [3.8, 4) is 0 Å². The number of hydrogen-bond acceptors (Lipinski definition) is 5. The number of benzene rings is 1. The summed E-state index contributed by atoms with van der Waals surface area (Å²) in [7, 11) is 7.65. The lowest BCUT2D eigenvalue weighted by Gasteiger charge is -2.15. The molecule has 1 aromatic carbocycles. The van der Waals surface area contributed by atoms with Gasteiger partial charge in [0.05, 0.1) is 0 Å². The minimum Gasteiger partial charge on any atom is -0.481 e. The highest BCUT2D eigenvalue weighted by Gasteiger charge is 2.11. The van der Waals surface area contributed by atoms with Gasteiger partial charge in [0, 0.05) is 28.1 Å². The van der Waals surface area contributed by atoms with E-state index in [4.69, 9.17) is 5.11 Å². The maximum Gasteiger partial charge on any atom is 0.303 e. The highest BCUT2D eigenvalue weighted by molar-refractivity contribution is 8.77. The second kappa shape index (κ2) is 13.5. The molecule has 0 saturated carbocycles. The van der Waals surface area contributed by atoms with Crippen LogP contribution in [0.3, 0.4) is 0 Å². The lowest BCUT2D eigenvalue weighted by molar-refractivity contribution is -0.137. The molecule has 0 amide bonds. The summed E-state index contributed by atoms with van der Waals surface area (Å²) in [6.45, 7) is 2.18. The molecule has 1 rings (SSSR count). The molecule has 1 N–H and O–H groups in total. The highest BCUT2D eigenvalue weighted by atomic mass is 33.1. The van der Waals surface area contributed by atoms with E-state index in [1.54, 1.807) is 0 Å². The standard InChI is InChI=1S/C16H24O2S4/c1-2-19-20-13-12-15(10-6-7-11-16(17)18)22-21-14-8-4-3-5-9-14/h3-5,8-9,15H,2,6-7,10-13H2,1H3,(H,17,18). The first-order chi connectivity index (χ1) is 10.7. The van der Waals surface area contributed by atoms with Gasteiger partial charge in [-0.3, -0.25) is 4.79 Å². The van der Waals surface area contributed by atoms with Crippen LogP contribution in [0.2, 0.25) is 0 Å². The van der Waals surface area contributed by atoms with Crippen molar-refractivity contribution in [2.24, 2.45) is 0 Å². The quantitative estimate of drug-likeness (QED) is 0.325. The minimum absolute atomic E-state index is 0.295. The van der Waals surface area contributed by atoms with E-state index < -0.39 is 5.97 Å². The fourth-order valence-electron chi connectivity index (χ4n) is 1.81.